The lowest BCUT2D eigenvalue weighted by atomic mass is 9.95. The van der Waals surface area contributed by atoms with Crippen LogP contribution in [0.5, 0.6) is 5.75 Å². The minimum Gasteiger partial charge on any atom is -0.496 e. The fourth-order valence-corrected chi connectivity index (χ4v) is 3.94. The van der Waals surface area contributed by atoms with Crippen LogP contribution < -0.4 is 10.5 Å². The molecule has 0 aromatic heterocycles. The second kappa shape index (κ2) is 6.78. The molecule has 2 rings (SSSR count). The molecule has 1 aliphatic rings. The topological polar surface area (TPSA) is 38.5 Å². The van der Waals surface area contributed by atoms with Crippen molar-refractivity contribution in [3.05, 3.63) is 29.8 Å². The molecule has 20 heavy (non-hydrogen) atoms. The summed E-state index contributed by atoms with van der Waals surface area (Å²) in [4.78, 5) is 3.10. The Morgan fingerprint density at radius 2 is 2.05 bits per heavy atom. The van der Waals surface area contributed by atoms with Crippen LogP contribution in [0, 0.1) is 0 Å². The Balaban J connectivity index is 1.99. The van der Waals surface area contributed by atoms with E-state index in [4.69, 9.17) is 22.7 Å². The van der Waals surface area contributed by atoms with E-state index < -0.39 is 0 Å². The van der Waals surface area contributed by atoms with E-state index in [2.05, 4.69) is 23.3 Å². The first-order chi connectivity index (χ1) is 9.61. The predicted molar refractivity (Wildman–Crippen MR) is 90.5 cm³/mol. The molecule has 1 heterocycles. The number of hydrogen-bond donors (Lipinski definition) is 1. The molecule has 0 bridgehead atoms. The summed E-state index contributed by atoms with van der Waals surface area (Å²) >= 11 is 7.05. The Morgan fingerprint density at radius 3 is 2.60 bits per heavy atom. The molecule has 1 aromatic carbocycles. The first kappa shape index (κ1) is 15.6. The smallest absolute Gasteiger partial charge is 0.123 e. The van der Waals surface area contributed by atoms with Crippen LogP contribution in [-0.4, -0.2) is 41.1 Å². The molecule has 1 saturated heterocycles. The van der Waals surface area contributed by atoms with Gasteiger partial charge >= 0.3 is 0 Å². The van der Waals surface area contributed by atoms with Crippen LogP contribution in [0.1, 0.15) is 18.4 Å². The summed E-state index contributed by atoms with van der Waals surface area (Å²) in [5.41, 5.74) is 7.17. The summed E-state index contributed by atoms with van der Waals surface area (Å²) in [5.74, 6) is 0.962. The zero-order valence-corrected chi connectivity index (χ0v) is 13.7. The lowest BCUT2D eigenvalue weighted by Crippen LogP contribution is -2.48. The van der Waals surface area contributed by atoms with Crippen molar-refractivity contribution < 1.29 is 4.74 Å². The van der Waals surface area contributed by atoms with Crippen molar-refractivity contribution in [2.45, 2.75) is 24.1 Å². The van der Waals surface area contributed by atoms with E-state index in [0.717, 1.165) is 38.2 Å². The van der Waals surface area contributed by atoms with Gasteiger partial charge in [-0.1, -0.05) is 30.4 Å². The number of ether oxygens (including phenoxy) is 1. The van der Waals surface area contributed by atoms with E-state index in [-0.39, 0.29) is 4.75 Å². The van der Waals surface area contributed by atoms with Crippen molar-refractivity contribution in [3.8, 4) is 5.75 Å². The zero-order valence-electron chi connectivity index (χ0n) is 12.1. The van der Waals surface area contributed by atoms with Gasteiger partial charge in [0.15, 0.2) is 0 Å². The molecule has 0 saturated carbocycles. The average molecular weight is 310 g/mol. The molecular weight excluding hydrogens is 288 g/mol. The number of hydrogen-bond acceptors (Lipinski definition) is 4. The van der Waals surface area contributed by atoms with Gasteiger partial charge in [-0.3, -0.25) is 4.90 Å². The minimum absolute atomic E-state index is 0.00733. The number of thiocarbonyl (C=S) groups is 1. The normalized spacial score (nSPS) is 18.7. The number of piperidine rings is 1. The van der Waals surface area contributed by atoms with Gasteiger partial charge in [-0.15, -0.1) is 0 Å². The molecule has 3 nitrogen and oxygen atoms in total. The Labute approximate surface area is 130 Å². The second-order valence-corrected chi connectivity index (χ2v) is 6.78. The molecule has 110 valence electrons. The van der Waals surface area contributed by atoms with Gasteiger partial charge in [-0.05, 0) is 25.2 Å². The number of methoxy groups -OCH3 is 1. The SMILES string of the molecule is COc1ccccc1CN1CCC(SC)(C(N)=S)CC1. The van der Waals surface area contributed by atoms with E-state index in [0.29, 0.717) is 4.99 Å². The summed E-state index contributed by atoms with van der Waals surface area (Å²) in [6.07, 6.45) is 4.16. The molecule has 5 heteroatoms. The van der Waals surface area contributed by atoms with Crippen LogP contribution in [0.4, 0.5) is 0 Å². The van der Waals surface area contributed by atoms with Gasteiger partial charge in [-0.2, -0.15) is 11.8 Å². The van der Waals surface area contributed by atoms with Crippen LogP contribution in [0.25, 0.3) is 0 Å². The predicted octanol–water partition coefficient (Wildman–Crippen LogP) is 2.68. The van der Waals surface area contributed by atoms with Gasteiger partial charge in [0.25, 0.3) is 0 Å². The highest BCUT2D eigenvalue weighted by molar-refractivity contribution is 8.02. The first-order valence-corrected chi connectivity index (χ1v) is 8.44. The Hall–Kier alpha value is -0.780. The number of benzene rings is 1. The highest BCUT2D eigenvalue weighted by Crippen LogP contribution is 2.35. The van der Waals surface area contributed by atoms with Gasteiger partial charge < -0.3 is 10.5 Å². The van der Waals surface area contributed by atoms with E-state index in [1.807, 2.05) is 12.1 Å². The minimum atomic E-state index is -0.00733. The monoisotopic (exact) mass is 310 g/mol. The third-order valence-electron chi connectivity index (χ3n) is 4.09. The van der Waals surface area contributed by atoms with Gasteiger partial charge in [0, 0.05) is 25.2 Å². The van der Waals surface area contributed by atoms with Crippen LogP contribution >= 0.6 is 24.0 Å². The Kier molecular flexibility index (Phi) is 5.29. The molecule has 1 fully saturated rings. The maximum atomic E-state index is 5.93. The molecule has 1 aromatic rings. The molecular formula is C15H22N2OS2. The zero-order chi connectivity index (χ0) is 14.6. The molecule has 0 aliphatic carbocycles. The average Bonchev–Trinajstić information content (AvgIpc) is 2.48. The van der Waals surface area contributed by atoms with Gasteiger partial charge in [0.2, 0.25) is 0 Å². The molecule has 2 N–H and O–H groups in total. The number of nitrogens with two attached hydrogens (primary N) is 1. The third-order valence-corrected chi connectivity index (χ3v) is 6.02. The van der Waals surface area contributed by atoms with E-state index >= 15 is 0 Å². The lowest BCUT2D eigenvalue weighted by Gasteiger charge is -2.40. The number of rotatable bonds is 5. The number of thioether (sulfide) groups is 1. The molecule has 0 unspecified atom stereocenters. The van der Waals surface area contributed by atoms with Crippen molar-refractivity contribution in [2.75, 3.05) is 26.5 Å². The summed E-state index contributed by atoms with van der Waals surface area (Å²) in [5, 5.41) is 0. The van der Waals surface area contributed by atoms with Crippen molar-refractivity contribution in [3.63, 3.8) is 0 Å². The van der Waals surface area contributed by atoms with Crippen LogP contribution in [-0.2, 0) is 6.54 Å². The number of likely N-dealkylation sites (tertiary alicyclic amines) is 1. The van der Waals surface area contributed by atoms with Crippen molar-refractivity contribution >= 4 is 29.0 Å². The van der Waals surface area contributed by atoms with Crippen LogP contribution in [0.3, 0.4) is 0 Å². The number of nitrogens with zero attached hydrogens (tertiary/aromatic N) is 1. The Bertz CT molecular complexity index is 471. The highest BCUT2D eigenvalue weighted by atomic mass is 32.2. The maximum absolute atomic E-state index is 5.93. The maximum Gasteiger partial charge on any atom is 0.123 e. The summed E-state index contributed by atoms with van der Waals surface area (Å²) in [6, 6.07) is 8.20. The van der Waals surface area contributed by atoms with Crippen molar-refractivity contribution in [1.29, 1.82) is 0 Å². The van der Waals surface area contributed by atoms with Gasteiger partial charge in [0.05, 0.1) is 16.8 Å². The standard InChI is InChI=1S/C15H22N2OS2/c1-18-13-6-4-3-5-12(13)11-17-9-7-15(20-2,8-10-17)14(16)19/h3-6H,7-11H2,1-2H3,(H2,16,19). The highest BCUT2D eigenvalue weighted by Gasteiger charge is 2.36. The van der Waals surface area contributed by atoms with Gasteiger partial charge in [-0.25, -0.2) is 0 Å². The molecule has 0 atom stereocenters. The number of para-hydroxylation sites is 1. The summed E-state index contributed by atoms with van der Waals surface area (Å²) in [6.45, 7) is 2.97. The summed E-state index contributed by atoms with van der Waals surface area (Å²) < 4.78 is 5.41. The molecule has 1 aliphatic heterocycles. The largest absolute Gasteiger partial charge is 0.496 e. The lowest BCUT2D eigenvalue weighted by molar-refractivity contribution is 0.210. The molecule has 0 amide bonds. The molecule has 0 radical (unpaired) electrons. The quantitative estimate of drug-likeness (QED) is 0.847. The van der Waals surface area contributed by atoms with Crippen molar-refractivity contribution in [1.82, 2.24) is 4.90 Å². The van der Waals surface area contributed by atoms with Crippen LogP contribution in [0.2, 0.25) is 0 Å². The third kappa shape index (κ3) is 3.27. The van der Waals surface area contributed by atoms with Gasteiger partial charge in [0.1, 0.15) is 5.75 Å². The summed E-state index contributed by atoms with van der Waals surface area (Å²) in [7, 11) is 1.72. The second-order valence-electron chi connectivity index (χ2n) is 5.15. The van der Waals surface area contributed by atoms with E-state index in [9.17, 15) is 0 Å². The van der Waals surface area contributed by atoms with E-state index in [1.165, 1.54) is 5.56 Å². The first-order valence-electron chi connectivity index (χ1n) is 6.80. The fraction of sp³-hybridized carbons (Fsp3) is 0.533. The van der Waals surface area contributed by atoms with Crippen molar-refractivity contribution in [2.24, 2.45) is 5.73 Å². The Morgan fingerprint density at radius 1 is 1.40 bits per heavy atom. The van der Waals surface area contributed by atoms with Crippen LogP contribution in [0.15, 0.2) is 24.3 Å². The molecule has 0 spiro atoms. The van der Waals surface area contributed by atoms with E-state index in [1.54, 1.807) is 18.9 Å². The fourth-order valence-electron chi connectivity index (χ4n) is 2.70.